The molecule has 1 fully saturated rings. The van der Waals surface area contributed by atoms with E-state index in [0.29, 0.717) is 29.2 Å². The highest BCUT2D eigenvalue weighted by Gasteiger charge is 2.34. The van der Waals surface area contributed by atoms with Crippen molar-refractivity contribution in [3.8, 4) is 0 Å². The van der Waals surface area contributed by atoms with Crippen LogP contribution < -0.4 is 4.72 Å². The van der Waals surface area contributed by atoms with Gasteiger partial charge in [-0.15, -0.1) is 11.3 Å². The van der Waals surface area contributed by atoms with Crippen LogP contribution >= 0.6 is 11.3 Å². The topological polar surface area (TPSA) is 101 Å². The van der Waals surface area contributed by atoms with Gasteiger partial charge in [0.2, 0.25) is 10.0 Å². The van der Waals surface area contributed by atoms with E-state index in [4.69, 9.17) is 0 Å². The number of sulfonamides is 2. The molecule has 0 spiro atoms. The summed E-state index contributed by atoms with van der Waals surface area (Å²) in [6, 6.07) is 8.82. The number of carbonyl (C=O) groups is 1. The van der Waals surface area contributed by atoms with Crippen LogP contribution in [0, 0.1) is 0 Å². The molecule has 29 heavy (non-hydrogen) atoms. The van der Waals surface area contributed by atoms with Crippen molar-refractivity contribution in [1.82, 2.24) is 9.03 Å². The van der Waals surface area contributed by atoms with Gasteiger partial charge in [0.1, 0.15) is 4.21 Å². The number of thiophene rings is 1. The van der Waals surface area contributed by atoms with Crippen molar-refractivity contribution in [3.63, 3.8) is 0 Å². The van der Waals surface area contributed by atoms with Crippen LogP contribution in [0.15, 0.2) is 50.9 Å². The third-order valence-corrected chi connectivity index (χ3v) is 9.77. The first-order chi connectivity index (χ1) is 13.7. The highest BCUT2D eigenvalue weighted by atomic mass is 32.2. The number of Topliss-reactive ketones (excluding diaryl/α,β-unsaturated/α-hetero) is 1. The molecular weight excluding hydrogens is 432 g/mol. The molecule has 3 rings (SSSR count). The highest BCUT2D eigenvalue weighted by molar-refractivity contribution is 7.91. The van der Waals surface area contributed by atoms with Crippen LogP contribution in [0.5, 0.6) is 0 Å². The van der Waals surface area contributed by atoms with E-state index in [0.717, 1.165) is 12.8 Å². The van der Waals surface area contributed by atoms with Gasteiger partial charge < -0.3 is 0 Å². The molecule has 0 radical (unpaired) electrons. The fraction of sp³-hybridized carbons (Fsp3) is 0.421. The van der Waals surface area contributed by atoms with Crippen LogP contribution in [0.25, 0.3) is 0 Å². The molecule has 158 valence electrons. The second-order valence-electron chi connectivity index (χ2n) is 6.96. The van der Waals surface area contributed by atoms with Crippen LogP contribution in [-0.2, 0) is 20.0 Å². The van der Waals surface area contributed by atoms with Gasteiger partial charge in [-0.2, -0.15) is 4.31 Å². The molecule has 1 aliphatic heterocycles. The van der Waals surface area contributed by atoms with Gasteiger partial charge >= 0.3 is 0 Å². The molecule has 2 heterocycles. The summed E-state index contributed by atoms with van der Waals surface area (Å²) in [6.07, 6.45) is 2.82. The Morgan fingerprint density at radius 2 is 1.86 bits per heavy atom. The van der Waals surface area contributed by atoms with Gasteiger partial charge in [-0.05, 0) is 49.8 Å². The van der Waals surface area contributed by atoms with Crippen molar-refractivity contribution in [1.29, 1.82) is 0 Å². The molecule has 0 bridgehead atoms. The van der Waals surface area contributed by atoms with Crippen molar-refractivity contribution in [3.05, 3.63) is 47.3 Å². The molecule has 10 heteroatoms. The Hall–Kier alpha value is -1.59. The van der Waals surface area contributed by atoms with Crippen molar-refractivity contribution < 1.29 is 21.6 Å². The number of carbonyl (C=O) groups excluding carboxylic acids is 1. The van der Waals surface area contributed by atoms with Gasteiger partial charge in [0, 0.05) is 24.7 Å². The third kappa shape index (κ3) is 5.13. The molecule has 1 unspecified atom stereocenters. The first-order valence-electron chi connectivity index (χ1n) is 9.38. The summed E-state index contributed by atoms with van der Waals surface area (Å²) in [5, 5.41) is 1.73. The molecule has 1 N–H and O–H groups in total. The Balaban J connectivity index is 1.65. The molecule has 1 aliphatic rings. The second kappa shape index (κ2) is 9.05. The van der Waals surface area contributed by atoms with Crippen molar-refractivity contribution >= 4 is 37.2 Å². The summed E-state index contributed by atoms with van der Waals surface area (Å²) < 4.78 is 55.2. The van der Waals surface area contributed by atoms with Crippen molar-refractivity contribution in [2.24, 2.45) is 0 Å². The Kier molecular flexibility index (Phi) is 6.90. The first kappa shape index (κ1) is 22.1. The van der Waals surface area contributed by atoms with Crippen molar-refractivity contribution in [2.45, 2.75) is 47.8 Å². The minimum Gasteiger partial charge on any atom is -0.295 e. The Morgan fingerprint density at radius 1 is 1.14 bits per heavy atom. The Bertz CT molecular complexity index is 1050. The number of nitrogens with one attached hydrogen (secondary N) is 1. The van der Waals surface area contributed by atoms with Crippen LogP contribution in [0.2, 0.25) is 0 Å². The predicted octanol–water partition coefficient (Wildman–Crippen LogP) is 2.86. The molecule has 1 atom stereocenters. The lowest BCUT2D eigenvalue weighted by atomic mass is 10.0. The van der Waals surface area contributed by atoms with Gasteiger partial charge in [0.15, 0.2) is 5.78 Å². The first-order valence-corrected chi connectivity index (χ1v) is 13.2. The summed E-state index contributed by atoms with van der Waals surface area (Å²) in [4.78, 5) is 11.4. The zero-order chi connectivity index (χ0) is 21.1. The maximum absolute atomic E-state index is 12.9. The van der Waals surface area contributed by atoms with Crippen molar-refractivity contribution in [2.75, 3.05) is 13.1 Å². The lowest BCUT2D eigenvalue weighted by Gasteiger charge is -2.34. The minimum atomic E-state index is -3.73. The van der Waals surface area contributed by atoms with Crippen LogP contribution in [0.4, 0.5) is 0 Å². The SMILES string of the molecule is CC(=O)c1ccc(S(=O)(=O)NCCC2CCCCN2S(=O)(=O)c2cccs2)cc1. The molecule has 0 saturated carbocycles. The molecule has 0 aliphatic carbocycles. The molecule has 1 saturated heterocycles. The van der Waals surface area contributed by atoms with Gasteiger partial charge in [-0.25, -0.2) is 21.6 Å². The summed E-state index contributed by atoms with van der Waals surface area (Å²) in [6.45, 7) is 2.00. The van der Waals surface area contributed by atoms with Crippen LogP contribution in [0.1, 0.15) is 43.0 Å². The zero-order valence-corrected chi connectivity index (χ0v) is 18.5. The number of rotatable bonds is 8. The quantitative estimate of drug-likeness (QED) is 0.616. The van der Waals surface area contributed by atoms with E-state index in [2.05, 4.69) is 4.72 Å². The van der Waals surface area contributed by atoms with Gasteiger partial charge in [-0.3, -0.25) is 4.79 Å². The van der Waals surface area contributed by atoms with Gasteiger partial charge in [0.25, 0.3) is 10.0 Å². The fourth-order valence-electron chi connectivity index (χ4n) is 3.42. The van der Waals surface area contributed by atoms with E-state index in [1.165, 1.54) is 46.8 Å². The average Bonchev–Trinajstić information content (AvgIpc) is 3.24. The number of ketones is 1. The summed E-state index contributed by atoms with van der Waals surface area (Å²) in [5.41, 5.74) is 0.445. The largest absolute Gasteiger partial charge is 0.295 e. The number of nitrogens with zero attached hydrogens (tertiary/aromatic N) is 1. The molecule has 0 amide bonds. The maximum atomic E-state index is 12.9. The monoisotopic (exact) mass is 456 g/mol. The summed E-state index contributed by atoms with van der Waals surface area (Å²) in [5.74, 6) is -0.133. The molecule has 2 aromatic rings. The van der Waals surface area contributed by atoms with Crippen LogP contribution in [-0.4, -0.2) is 46.1 Å². The highest BCUT2D eigenvalue weighted by Crippen LogP contribution is 2.29. The molecule has 1 aromatic carbocycles. The lowest BCUT2D eigenvalue weighted by Crippen LogP contribution is -2.44. The summed E-state index contributed by atoms with van der Waals surface area (Å²) >= 11 is 1.19. The van der Waals surface area contributed by atoms with E-state index < -0.39 is 20.0 Å². The third-order valence-electron chi connectivity index (χ3n) is 4.97. The normalized spacial score (nSPS) is 18.6. The number of piperidine rings is 1. The Labute approximate surface area is 175 Å². The predicted molar refractivity (Wildman–Crippen MR) is 112 cm³/mol. The van der Waals surface area contributed by atoms with E-state index in [1.807, 2.05) is 0 Å². The Morgan fingerprint density at radius 3 is 2.48 bits per heavy atom. The van der Waals surface area contributed by atoms with Crippen LogP contribution in [0.3, 0.4) is 0 Å². The zero-order valence-electron chi connectivity index (χ0n) is 16.1. The van der Waals surface area contributed by atoms with E-state index in [1.54, 1.807) is 17.5 Å². The lowest BCUT2D eigenvalue weighted by molar-refractivity contribution is 0.101. The second-order valence-corrected chi connectivity index (χ2v) is 11.8. The van der Waals surface area contributed by atoms with E-state index in [-0.39, 0.29) is 23.3 Å². The summed E-state index contributed by atoms with van der Waals surface area (Å²) in [7, 11) is -7.28. The fourth-order valence-corrected chi connectivity index (χ4v) is 7.31. The smallest absolute Gasteiger partial charge is 0.252 e. The van der Waals surface area contributed by atoms with Gasteiger partial charge in [-0.1, -0.05) is 24.6 Å². The molecular formula is C19H24N2O5S3. The molecule has 7 nitrogen and oxygen atoms in total. The molecule has 1 aromatic heterocycles. The van der Waals surface area contributed by atoms with E-state index in [9.17, 15) is 21.6 Å². The average molecular weight is 457 g/mol. The number of hydrogen-bond acceptors (Lipinski definition) is 6. The number of benzene rings is 1. The maximum Gasteiger partial charge on any atom is 0.252 e. The standard InChI is InChI=1S/C19H24N2O5S3/c1-15(22)16-7-9-18(10-8-16)28(23,24)20-12-11-17-5-2-3-13-21(17)29(25,26)19-6-4-14-27-19/h4,6-10,14,17,20H,2-3,5,11-13H2,1H3. The number of hydrogen-bond donors (Lipinski definition) is 1. The minimum absolute atomic E-state index is 0.0780. The van der Waals surface area contributed by atoms with Gasteiger partial charge in [0.05, 0.1) is 4.90 Å². The van der Waals surface area contributed by atoms with E-state index >= 15 is 0 Å².